The number of hydrogen-bond acceptors (Lipinski definition) is 4. The SMILES string of the molecule is Cc1nc(COc2ccc(Cl)cc2)sc1C(=O)NCc1ccccc1. The zero-order valence-electron chi connectivity index (χ0n) is 13.7. The average molecular weight is 373 g/mol. The van der Waals surface area contributed by atoms with E-state index in [1.165, 1.54) is 11.3 Å². The second-order valence-electron chi connectivity index (χ2n) is 5.43. The van der Waals surface area contributed by atoms with Crippen LogP contribution in [0.25, 0.3) is 0 Å². The van der Waals surface area contributed by atoms with E-state index in [0.717, 1.165) is 10.6 Å². The molecule has 1 N–H and O–H groups in total. The van der Waals surface area contributed by atoms with E-state index >= 15 is 0 Å². The Kier molecular flexibility index (Phi) is 5.68. The van der Waals surface area contributed by atoms with E-state index in [1.54, 1.807) is 24.3 Å². The Bertz CT molecular complexity index is 848. The highest BCUT2D eigenvalue weighted by Gasteiger charge is 2.15. The van der Waals surface area contributed by atoms with Gasteiger partial charge in [0.25, 0.3) is 5.91 Å². The number of thiazole rings is 1. The normalized spacial score (nSPS) is 10.5. The van der Waals surface area contributed by atoms with Crippen molar-refractivity contribution in [3.8, 4) is 5.75 Å². The van der Waals surface area contributed by atoms with Crippen molar-refractivity contribution in [1.29, 1.82) is 0 Å². The highest BCUT2D eigenvalue weighted by atomic mass is 35.5. The lowest BCUT2D eigenvalue weighted by molar-refractivity contribution is 0.0954. The Balaban J connectivity index is 1.59. The van der Waals surface area contributed by atoms with Gasteiger partial charge in [0.15, 0.2) is 0 Å². The lowest BCUT2D eigenvalue weighted by Gasteiger charge is -2.04. The van der Waals surface area contributed by atoms with Gasteiger partial charge in [-0.3, -0.25) is 4.79 Å². The van der Waals surface area contributed by atoms with Crippen LogP contribution in [0.4, 0.5) is 0 Å². The molecular formula is C19H17ClN2O2S. The molecular weight excluding hydrogens is 356 g/mol. The van der Waals surface area contributed by atoms with Crippen LogP contribution in [0.3, 0.4) is 0 Å². The summed E-state index contributed by atoms with van der Waals surface area (Å²) in [5.74, 6) is 0.601. The minimum absolute atomic E-state index is 0.114. The number of ether oxygens (including phenoxy) is 1. The monoisotopic (exact) mass is 372 g/mol. The third kappa shape index (κ3) is 4.81. The number of nitrogens with one attached hydrogen (secondary N) is 1. The summed E-state index contributed by atoms with van der Waals surface area (Å²) < 4.78 is 5.68. The van der Waals surface area contributed by atoms with Gasteiger partial charge in [-0.2, -0.15) is 0 Å². The van der Waals surface area contributed by atoms with Crippen LogP contribution in [0.15, 0.2) is 54.6 Å². The fourth-order valence-corrected chi connectivity index (χ4v) is 3.28. The first kappa shape index (κ1) is 17.5. The lowest BCUT2D eigenvalue weighted by atomic mass is 10.2. The van der Waals surface area contributed by atoms with Crippen LogP contribution in [-0.2, 0) is 13.2 Å². The smallest absolute Gasteiger partial charge is 0.263 e. The second kappa shape index (κ2) is 8.14. The number of rotatable bonds is 6. The van der Waals surface area contributed by atoms with E-state index in [-0.39, 0.29) is 5.91 Å². The molecule has 3 aromatic rings. The standard InChI is InChI=1S/C19H17ClN2O2S/c1-13-18(19(23)21-11-14-5-3-2-4-6-14)25-17(22-13)12-24-16-9-7-15(20)8-10-16/h2-10H,11-12H2,1H3,(H,21,23). The Morgan fingerprint density at radius 1 is 1.16 bits per heavy atom. The molecule has 1 amide bonds. The summed E-state index contributed by atoms with van der Waals surface area (Å²) in [5, 5.41) is 4.35. The molecule has 6 heteroatoms. The average Bonchev–Trinajstić information content (AvgIpc) is 3.01. The fourth-order valence-electron chi connectivity index (χ4n) is 2.26. The molecule has 128 valence electrons. The maximum atomic E-state index is 12.4. The maximum Gasteiger partial charge on any atom is 0.263 e. The van der Waals surface area contributed by atoms with E-state index in [9.17, 15) is 4.79 Å². The predicted octanol–water partition coefficient (Wildman–Crippen LogP) is 4.61. The molecule has 0 saturated heterocycles. The fraction of sp³-hybridized carbons (Fsp3) is 0.158. The van der Waals surface area contributed by atoms with E-state index in [4.69, 9.17) is 16.3 Å². The molecule has 0 aliphatic rings. The van der Waals surface area contributed by atoms with Gasteiger partial charge in [-0.05, 0) is 36.8 Å². The van der Waals surface area contributed by atoms with E-state index in [1.807, 2.05) is 37.3 Å². The van der Waals surface area contributed by atoms with Crippen LogP contribution in [0.5, 0.6) is 5.75 Å². The summed E-state index contributed by atoms with van der Waals surface area (Å²) in [5.41, 5.74) is 1.77. The predicted molar refractivity (Wildman–Crippen MR) is 100 cm³/mol. The Hall–Kier alpha value is -2.37. The topological polar surface area (TPSA) is 51.2 Å². The second-order valence-corrected chi connectivity index (χ2v) is 6.95. The number of hydrogen-bond donors (Lipinski definition) is 1. The van der Waals surface area contributed by atoms with Gasteiger partial charge in [0.1, 0.15) is 22.2 Å². The molecule has 0 aliphatic heterocycles. The Morgan fingerprint density at radius 3 is 2.60 bits per heavy atom. The molecule has 0 atom stereocenters. The minimum Gasteiger partial charge on any atom is -0.486 e. The number of nitrogens with zero attached hydrogens (tertiary/aromatic N) is 1. The van der Waals surface area contributed by atoms with Gasteiger partial charge >= 0.3 is 0 Å². The van der Waals surface area contributed by atoms with Crippen molar-refractivity contribution in [3.63, 3.8) is 0 Å². The van der Waals surface area contributed by atoms with Gasteiger partial charge < -0.3 is 10.1 Å². The van der Waals surface area contributed by atoms with Crippen molar-refractivity contribution >= 4 is 28.8 Å². The molecule has 4 nitrogen and oxygen atoms in total. The van der Waals surface area contributed by atoms with Gasteiger partial charge in [0.05, 0.1) is 5.69 Å². The van der Waals surface area contributed by atoms with Gasteiger partial charge in [0, 0.05) is 11.6 Å². The molecule has 3 rings (SSSR count). The molecule has 0 unspecified atom stereocenters. The quantitative estimate of drug-likeness (QED) is 0.687. The van der Waals surface area contributed by atoms with Crippen molar-refractivity contribution in [3.05, 3.63) is 80.8 Å². The Morgan fingerprint density at radius 2 is 1.88 bits per heavy atom. The van der Waals surface area contributed by atoms with Crippen LogP contribution < -0.4 is 10.1 Å². The molecule has 1 aromatic heterocycles. The van der Waals surface area contributed by atoms with Crippen molar-refractivity contribution in [2.24, 2.45) is 0 Å². The molecule has 0 spiro atoms. The zero-order valence-corrected chi connectivity index (χ0v) is 15.2. The van der Waals surface area contributed by atoms with Crippen LogP contribution in [0.2, 0.25) is 5.02 Å². The van der Waals surface area contributed by atoms with Crippen LogP contribution in [-0.4, -0.2) is 10.9 Å². The van der Waals surface area contributed by atoms with Gasteiger partial charge in [-0.15, -0.1) is 11.3 Å². The molecule has 1 heterocycles. The van der Waals surface area contributed by atoms with E-state index in [0.29, 0.717) is 34.5 Å². The molecule has 2 aromatic carbocycles. The number of benzene rings is 2. The summed E-state index contributed by atoms with van der Waals surface area (Å²) in [7, 11) is 0. The van der Waals surface area contributed by atoms with Gasteiger partial charge in [0.2, 0.25) is 0 Å². The molecule has 25 heavy (non-hydrogen) atoms. The maximum absolute atomic E-state index is 12.4. The van der Waals surface area contributed by atoms with Crippen molar-refractivity contribution in [1.82, 2.24) is 10.3 Å². The zero-order chi connectivity index (χ0) is 17.6. The summed E-state index contributed by atoms with van der Waals surface area (Å²) in [6, 6.07) is 16.9. The molecule has 0 bridgehead atoms. The third-order valence-electron chi connectivity index (χ3n) is 3.52. The lowest BCUT2D eigenvalue weighted by Crippen LogP contribution is -2.22. The third-order valence-corrected chi connectivity index (χ3v) is 4.90. The number of amides is 1. The van der Waals surface area contributed by atoms with Crippen LogP contribution in [0.1, 0.15) is 25.9 Å². The minimum atomic E-state index is -0.114. The molecule has 0 aliphatic carbocycles. The van der Waals surface area contributed by atoms with Crippen molar-refractivity contribution in [2.45, 2.75) is 20.1 Å². The van der Waals surface area contributed by atoms with Crippen molar-refractivity contribution in [2.75, 3.05) is 0 Å². The summed E-state index contributed by atoms with van der Waals surface area (Å²) >= 11 is 7.20. The molecule has 0 fully saturated rings. The van der Waals surface area contributed by atoms with Crippen LogP contribution >= 0.6 is 22.9 Å². The first-order chi connectivity index (χ1) is 12.1. The first-order valence-electron chi connectivity index (χ1n) is 7.78. The molecule has 0 radical (unpaired) electrons. The number of carbonyl (C=O) groups is 1. The Labute approximate surface area is 155 Å². The van der Waals surface area contributed by atoms with Gasteiger partial charge in [-0.25, -0.2) is 4.98 Å². The summed E-state index contributed by atoms with van der Waals surface area (Å²) in [6.07, 6.45) is 0. The number of aryl methyl sites for hydroxylation is 1. The summed E-state index contributed by atoms with van der Waals surface area (Å²) in [4.78, 5) is 17.4. The number of carbonyl (C=O) groups excluding carboxylic acids is 1. The largest absolute Gasteiger partial charge is 0.486 e. The highest BCUT2D eigenvalue weighted by molar-refractivity contribution is 7.13. The van der Waals surface area contributed by atoms with Crippen LogP contribution in [0, 0.1) is 6.92 Å². The number of aromatic nitrogens is 1. The number of halogens is 1. The molecule has 0 saturated carbocycles. The first-order valence-corrected chi connectivity index (χ1v) is 8.98. The highest BCUT2D eigenvalue weighted by Crippen LogP contribution is 2.21. The summed E-state index contributed by atoms with van der Waals surface area (Å²) in [6.45, 7) is 2.65. The van der Waals surface area contributed by atoms with Crippen molar-refractivity contribution < 1.29 is 9.53 Å². The van der Waals surface area contributed by atoms with E-state index < -0.39 is 0 Å². The van der Waals surface area contributed by atoms with Gasteiger partial charge in [-0.1, -0.05) is 41.9 Å². The van der Waals surface area contributed by atoms with E-state index in [2.05, 4.69) is 10.3 Å².